The Hall–Kier alpha value is -2.46. The zero-order chi connectivity index (χ0) is 12.4. The summed E-state index contributed by atoms with van der Waals surface area (Å²) in [5.41, 5.74) is 5.66. The molecule has 2 aromatic rings. The van der Waals surface area contributed by atoms with Gasteiger partial charge in [0.2, 0.25) is 0 Å². The molecule has 84 valence electrons. The van der Waals surface area contributed by atoms with E-state index in [1.54, 1.807) is 0 Å². The normalized spacial score (nSPS) is 9.88. The molecule has 0 atom stereocenters. The Morgan fingerprint density at radius 1 is 1.53 bits per heavy atom. The Morgan fingerprint density at radius 2 is 2.29 bits per heavy atom. The first kappa shape index (κ1) is 11.0. The Labute approximate surface area is 100 Å². The summed E-state index contributed by atoms with van der Waals surface area (Å²) in [6.07, 6.45) is 3.67. The van der Waals surface area contributed by atoms with E-state index < -0.39 is 5.91 Å². The number of nitrogens with zero attached hydrogens (tertiary/aromatic N) is 5. The highest BCUT2D eigenvalue weighted by molar-refractivity contribution is 6.33. The summed E-state index contributed by atoms with van der Waals surface area (Å²) in [6, 6.07) is 1.81. The van der Waals surface area contributed by atoms with Crippen molar-refractivity contribution in [1.29, 1.82) is 5.26 Å². The predicted octanol–water partition coefficient (Wildman–Crippen LogP) is 0.469. The number of carbonyl (C=O) groups is 1. The number of rotatable bonds is 1. The molecule has 0 saturated heterocycles. The highest BCUT2D eigenvalue weighted by Crippen LogP contribution is 2.15. The minimum absolute atomic E-state index is 0.0269. The number of hydrogen-bond acceptors (Lipinski definition) is 6. The molecule has 0 aliphatic carbocycles. The summed E-state index contributed by atoms with van der Waals surface area (Å²) in [7, 11) is 0. The summed E-state index contributed by atoms with van der Waals surface area (Å²) in [5, 5.41) is 12.5. The fourth-order valence-electron chi connectivity index (χ4n) is 1.18. The lowest BCUT2D eigenvalue weighted by atomic mass is 10.3. The molecule has 2 N–H and O–H groups in total. The van der Waals surface area contributed by atoms with Gasteiger partial charge in [-0.1, -0.05) is 11.6 Å². The van der Waals surface area contributed by atoms with Crippen LogP contribution in [-0.2, 0) is 0 Å². The van der Waals surface area contributed by atoms with Gasteiger partial charge < -0.3 is 5.73 Å². The predicted molar refractivity (Wildman–Crippen MR) is 58.1 cm³/mol. The monoisotopic (exact) mass is 248 g/mol. The number of carbonyl (C=O) groups excluding carboxylic acids is 1. The first-order valence-corrected chi connectivity index (χ1v) is 4.76. The summed E-state index contributed by atoms with van der Waals surface area (Å²) < 4.78 is 0.868. The highest BCUT2D eigenvalue weighted by Gasteiger charge is 2.19. The van der Waals surface area contributed by atoms with Crippen LogP contribution in [0.5, 0.6) is 0 Å². The molecular weight excluding hydrogens is 244 g/mol. The molecule has 0 amide bonds. The van der Waals surface area contributed by atoms with Crippen LogP contribution in [-0.4, -0.2) is 25.7 Å². The van der Waals surface area contributed by atoms with Gasteiger partial charge in [-0.3, -0.25) is 4.79 Å². The second-order valence-corrected chi connectivity index (χ2v) is 3.40. The molecule has 0 radical (unpaired) electrons. The zero-order valence-electron chi connectivity index (χ0n) is 8.33. The number of aromatic nitrogens is 4. The van der Waals surface area contributed by atoms with Gasteiger partial charge in [-0.25, -0.2) is 9.97 Å². The molecule has 0 aliphatic heterocycles. The molecule has 0 spiro atoms. The van der Waals surface area contributed by atoms with Crippen molar-refractivity contribution in [2.24, 2.45) is 0 Å². The standard InChI is InChI=1S/C9H5ClN6O/c10-6-3-13-4-14-7(6)9(17)16-8(12)5(1-11)2-15-16/h2-4H,12H2. The molecule has 2 aromatic heterocycles. The van der Waals surface area contributed by atoms with Gasteiger partial charge >= 0.3 is 0 Å². The van der Waals surface area contributed by atoms with E-state index in [2.05, 4.69) is 15.1 Å². The number of nitrogen functional groups attached to an aromatic ring is 1. The first-order valence-electron chi connectivity index (χ1n) is 4.39. The van der Waals surface area contributed by atoms with E-state index in [-0.39, 0.29) is 22.1 Å². The molecule has 0 aromatic carbocycles. The van der Waals surface area contributed by atoms with Crippen molar-refractivity contribution in [1.82, 2.24) is 19.7 Å². The third-order valence-corrected chi connectivity index (χ3v) is 2.27. The lowest BCUT2D eigenvalue weighted by Gasteiger charge is -2.02. The smallest absolute Gasteiger partial charge is 0.300 e. The van der Waals surface area contributed by atoms with Crippen molar-refractivity contribution in [3.63, 3.8) is 0 Å². The Balaban J connectivity index is 2.49. The second kappa shape index (κ2) is 4.19. The number of nitriles is 1. The minimum Gasteiger partial charge on any atom is -0.382 e. The fraction of sp³-hybridized carbons (Fsp3) is 0. The quantitative estimate of drug-likeness (QED) is 0.785. The van der Waals surface area contributed by atoms with Crippen LogP contribution in [0.4, 0.5) is 5.82 Å². The van der Waals surface area contributed by atoms with Gasteiger partial charge in [-0.05, 0) is 0 Å². The van der Waals surface area contributed by atoms with Crippen LogP contribution >= 0.6 is 11.6 Å². The topological polar surface area (TPSA) is 110 Å². The van der Waals surface area contributed by atoms with E-state index in [0.29, 0.717) is 0 Å². The molecule has 2 rings (SSSR count). The third-order valence-electron chi connectivity index (χ3n) is 1.99. The van der Waals surface area contributed by atoms with Crippen molar-refractivity contribution < 1.29 is 4.79 Å². The first-order chi connectivity index (χ1) is 8.15. The average Bonchev–Trinajstić information content (AvgIpc) is 2.70. The van der Waals surface area contributed by atoms with E-state index >= 15 is 0 Å². The van der Waals surface area contributed by atoms with Crippen molar-refractivity contribution in [2.45, 2.75) is 0 Å². The molecule has 0 aliphatic rings. The molecule has 0 fully saturated rings. The Morgan fingerprint density at radius 3 is 2.88 bits per heavy atom. The second-order valence-electron chi connectivity index (χ2n) is 2.99. The SMILES string of the molecule is N#Cc1cnn(C(=O)c2ncncc2Cl)c1N. The van der Waals surface area contributed by atoms with Crippen LogP contribution in [0.3, 0.4) is 0 Å². The van der Waals surface area contributed by atoms with Crippen LogP contribution in [0, 0.1) is 11.3 Å². The third kappa shape index (κ3) is 1.81. The molecule has 0 bridgehead atoms. The Bertz CT molecular complexity index is 629. The van der Waals surface area contributed by atoms with Crippen LogP contribution in [0.25, 0.3) is 0 Å². The van der Waals surface area contributed by atoms with Crippen molar-refractivity contribution in [2.75, 3.05) is 5.73 Å². The summed E-state index contributed by atoms with van der Waals surface area (Å²) in [5.74, 6) is -0.663. The van der Waals surface area contributed by atoms with Crippen molar-refractivity contribution >= 4 is 23.3 Å². The van der Waals surface area contributed by atoms with E-state index in [0.717, 1.165) is 4.68 Å². The number of nitrogens with two attached hydrogens (primary N) is 1. The van der Waals surface area contributed by atoms with E-state index in [4.69, 9.17) is 22.6 Å². The van der Waals surface area contributed by atoms with Gasteiger partial charge in [0.25, 0.3) is 5.91 Å². The van der Waals surface area contributed by atoms with Crippen molar-refractivity contribution in [3.8, 4) is 6.07 Å². The highest BCUT2D eigenvalue weighted by atomic mass is 35.5. The molecule has 0 unspecified atom stereocenters. The summed E-state index contributed by atoms with van der Waals surface area (Å²) in [4.78, 5) is 19.3. The lowest BCUT2D eigenvalue weighted by molar-refractivity contribution is 0.0943. The van der Waals surface area contributed by atoms with Crippen LogP contribution in [0.1, 0.15) is 16.1 Å². The van der Waals surface area contributed by atoms with Gasteiger partial charge in [0.05, 0.1) is 11.2 Å². The van der Waals surface area contributed by atoms with E-state index in [1.807, 2.05) is 6.07 Å². The number of anilines is 1. The summed E-state index contributed by atoms with van der Waals surface area (Å²) in [6.45, 7) is 0. The molecule has 2 heterocycles. The van der Waals surface area contributed by atoms with Crippen LogP contribution in [0.2, 0.25) is 5.02 Å². The minimum atomic E-state index is -0.614. The van der Waals surface area contributed by atoms with Gasteiger partial charge in [-0.15, -0.1) is 0 Å². The summed E-state index contributed by atoms with van der Waals surface area (Å²) >= 11 is 5.77. The molecule has 8 heteroatoms. The number of hydrogen-bond donors (Lipinski definition) is 1. The zero-order valence-corrected chi connectivity index (χ0v) is 9.09. The molecule has 17 heavy (non-hydrogen) atoms. The van der Waals surface area contributed by atoms with Gasteiger partial charge in [-0.2, -0.15) is 15.0 Å². The molecule has 0 saturated carbocycles. The molecule has 7 nitrogen and oxygen atoms in total. The van der Waals surface area contributed by atoms with E-state index in [1.165, 1.54) is 18.7 Å². The van der Waals surface area contributed by atoms with Crippen LogP contribution in [0.15, 0.2) is 18.7 Å². The fourth-order valence-corrected chi connectivity index (χ4v) is 1.36. The van der Waals surface area contributed by atoms with E-state index in [9.17, 15) is 4.79 Å². The van der Waals surface area contributed by atoms with Gasteiger partial charge in [0, 0.05) is 6.20 Å². The maximum Gasteiger partial charge on any atom is 0.300 e. The Kier molecular flexibility index (Phi) is 2.72. The average molecular weight is 249 g/mol. The maximum atomic E-state index is 12.0. The van der Waals surface area contributed by atoms with Crippen molar-refractivity contribution in [3.05, 3.63) is 35.0 Å². The number of halogens is 1. The van der Waals surface area contributed by atoms with Crippen LogP contribution < -0.4 is 5.73 Å². The maximum absolute atomic E-state index is 12.0. The van der Waals surface area contributed by atoms with Gasteiger partial charge in [0.1, 0.15) is 23.8 Å². The van der Waals surface area contributed by atoms with Gasteiger partial charge in [0.15, 0.2) is 5.69 Å². The lowest BCUT2D eigenvalue weighted by Crippen LogP contribution is -2.18. The molecular formula is C9H5ClN6O. The largest absolute Gasteiger partial charge is 0.382 e.